The maximum Gasteiger partial charge on any atom is 0.147 e. The van der Waals surface area contributed by atoms with Gasteiger partial charge in [0.25, 0.3) is 0 Å². The lowest BCUT2D eigenvalue weighted by atomic mass is 10.1. The number of rotatable bonds is 5. The molecule has 2 aromatic rings. The van der Waals surface area contributed by atoms with E-state index in [0.717, 1.165) is 17.0 Å². The highest BCUT2D eigenvalue weighted by molar-refractivity contribution is 5.59. The Morgan fingerprint density at radius 2 is 2.00 bits per heavy atom. The largest absolute Gasteiger partial charge is 0.494 e. The summed E-state index contributed by atoms with van der Waals surface area (Å²) in [4.78, 5) is 8.41. The molecule has 1 heterocycles. The molecule has 0 aliphatic carbocycles. The zero-order valence-electron chi connectivity index (χ0n) is 10.8. The van der Waals surface area contributed by atoms with Gasteiger partial charge >= 0.3 is 0 Å². The number of nitrogens with two attached hydrogens (primary N) is 1. The van der Waals surface area contributed by atoms with E-state index in [4.69, 9.17) is 15.6 Å². The van der Waals surface area contributed by atoms with Gasteiger partial charge in [-0.1, -0.05) is 0 Å². The van der Waals surface area contributed by atoms with Gasteiger partial charge in [-0.2, -0.15) is 0 Å². The van der Waals surface area contributed by atoms with Crippen molar-refractivity contribution in [1.29, 1.82) is 0 Å². The molecule has 1 aromatic carbocycles. The fourth-order valence-electron chi connectivity index (χ4n) is 1.68. The topological polar surface area (TPSA) is 81.3 Å². The van der Waals surface area contributed by atoms with Crippen LogP contribution >= 0.6 is 0 Å². The second-order valence-corrected chi connectivity index (χ2v) is 4.05. The van der Waals surface area contributed by atoms with Crippen LogP contribution in [0.1, 0.15) is 18.8 Å². The molecule has 100 valence electrons. The van der Waals surface area contributed by atoms with Crippen molar-refractivity contribution in [2.75, 3.05) is 13.2 Å². The fourth-order valence-corrected chi connectivity index (χ4v) is 1.68. The molecule has 2 rings (SSSR count). The third kappa shape index (κ3) is 3.27. The summed E-state index contributed by atoms with van der Waals surface area (Å²) in [6, 6.07) is 8.91. The Bertz CT molecular complexity index is 528. The normalized spacial score (nSPS) is 12.2. The van der Waals surface area contributed by atoms with E-state index < -0.39 is 6.04 Å². The predicted molar refractivity (Wildman–Crippen MR) is 72.7 cm³/mol. The van der Waals surface area contributed by atoms with Crippen molar-refractivity contribution in [1.82, 2.24) is 9.97 Å². The summed E-state index contributed by atoms with van der Waals surface area (Å²) in [5.74, 6) is 1.27. The summed E-state index contributed by atoms with van der Waals surface area (Å²) in [6.07, 6.45) is 1.64. The molecule has 5 heteroatoms. The standard InChI is InChI=1S/C14H17N3O2/c1-2-19-11-5-3-10(4-6-11)13-7-8-16-14(17-13)12(15)9-18/h3-8,12,18H,2,9,15H2,1H3. The van der Waals surface area contributed by atoms with E-state index in [9.17, 15) is 0 Å². The minimum absolute atomic E-state index is 0.174. The van der Waals surface area contributed by atoms with Gasteiger partial charge in [0.2, 0.25) is 0 Å². The number of hydrogen-bond donors (Lipinski definition) is 2. The second kappa shape index (κ2) is 6.26. The van der Waals surface area contributed by atoms with Gasteiger partial charge in [0, 0.05) is 11.8 Å². The molecule has 0 fully saturated rings. The first-order valence-electron chi connectivity index (χ1n) is 6.17. The van der Waals surface area contributed by atoms with Crippen LogP contribution in [0, 0.1) is 0 Å². The van der Waals surface area contributed by atoms with Crippen molar-refractivity contribution >= 4 is 0 Å². The highest BCUT2D eigenvalue weighted by Gasteiger charge is 2.09. The van der Waals surface area contributed by atoms with Crippen LogP contribution in [0.15, 0.2) is 36.5 Å². The molecule has 3 N–H and O–H groups in total. The quantitative estimate of drug-likeness (QED) is 0.851. The third-order valence-electron chi connectivity index (χ3n) is 2.66. The molecule has 0 amide bonds. The van der Waals surface area contributed by atoms with Gasteiger partial charge in [-0.25, -0.2) is 9.97 Å². The van der Waals surface area contributed by atoms with Crippen LogP contribution in [0.4, 0.5) is 0 Å². The number of aliphatic hydroxyl groups excluding tert-OH is 1. The van der Waals surface area contributed by atoms with Gasteiger partial charge in [0.15, 0.2) is 0 Å². The van der Waals surface area contributed by atoms with E-state index in [1.807, 2.05) is 37.3 Å². The maximum absolute atomic E-state index is 9.02. The molecule has 0 aliphatic heterocycles. The van der Waals surface area contributed by atoms with E-state index in [1.165, 1.54) is 0 Å². The summed E-state index contributed by atoms with van der Waals surface area (Å²) in [5, 5.41) is 9.02. The Morgan fingerprint density at radius 3 is 2.63 bits per heavy atom. The highest BCUT2D eigenvalue weighted by atomic mass is 16.5. The van der Waals surface area contributed by atoms with Crippen molar-refractivity contribution in [3.05, 3.63) is 42.4 Å². The lowest BCUT2D eigenvalue weighted by Gasteiger charge is -2.09. The van der Waals surface area contributed by atoms with Crippen molar-refractivity contribution in [2.45, 2.75) is 13.0 Å². The van der Waals surface area contributed by atoms with Gasteiger partial charge < -0.3 is 15.6 Å². The zero-order chi connectivity index (χ0) is 13.7. The van der Waals surface area contributed by atoms with Crippen LogP contribution in [-0.2, 0) is 0 Å². The Kier molecular flexibility index (Phi) is 4.43. The summed E-state index contributed by atoms with van der Waals surface area (Å²) in [5.41, 5.74) is 7.44. The monoisotopic (exact) mass is 259 g/mol. The molecule has 0 bridgehead atoms. The van der Waals surface area contributed by atoms with Crippen LogP contribution in [0.2, 0.25) is 0 Å². The lowest BCUT2D eigenvalue weighted by molar-refractivity contribution is 0.263. The molecule has 0 spiro atoms. The zero-order valence-corrected chi connectivity index (χ0v) is 10.8. The third-order valence-corrected chi connectivity index (χ3v) is 2.66. The fraction of sp³-hybridized carbons (Fsp3) is 0.286. The number of aliphatic hydroxyl groups is 1. The highest BCUT2D eigenvalue weighted by Crippen LogP contribution is 2.21. The Morgan fingerprint density at radius 1 is 1.26 bits per heavy atom. The SMILES string of the molecule is CCOc1ccc(-c2ccnc(C(N)CO)n2)cc1. The second-order valence-electron chi connectivity index (χ2n) is 4.05. The van der Waals surface area contributed by atoms with E-state index in [2.05, 4.69) is 9.97 Å². The smallest absolute Gasteiger partial charge is 0.147 e. The van der Waals surface area contributed by atoms with Gasteiger partial charge in [0.05, 0.1) is 24.9 Å². The first-order valence-corrected chi connectivity index (χ1v) is 6.17. The number of nitrogens with zero attached hydrogens (tertiary/aromatic N) is 2. The van der Waals surface area contributed by atoms with Gasteiger partial charge in [-0.3, -0.25) is 0 Å². The summed E-state index contributed by atoms with van der Waals surface area (Å²) < 4.78 is 5.39. The molecule has 0 radical (unpaired) electrons. The molecular formula is C14H17N3O2. The van der Waals surface area contributed by atoms with E-state index in [1.54, 1.807) is 6.20 Å². The van der Waals surface area contributed by atoms with Crippen molar-refractivity contribution in [2.24, 2.45) is 5.73 Å². The maximum atomic E-state index is 9.02. The van der Waals surface area contributed by atoms with Gasteiger partial charge in [-0.05, 0) is 37.3 Å². The minimum Gasteiger partial charge on any atom is -0.494 e. The molecule has 1 aromatic heterocycles. The first kappa shape index (κ1) is 13.5. The summed E-state index contributed by atoms with van der Waals surface area (Å²) in [6.45, 7) is 2.41. The Balaban J connectivity index is 2.26. The molecule has 0 saturated carbocycles. The molecule has 1 atom stereocenters. The molecule has 1 unspecified atom stereocenters. The van der Waals surface area contributed by atoms with Crippen LogP contribution in [0.25, 0.3) is 11.3 Å². The summed E-state index contributed by atoms with van der Waals surface area (Å²) >= 11 is 0. The van der Waals surface area contributed by atoms with Crippen LogP contribution < -0.4 is 10.5 Å². The van der Waals surface area contributed by atoms with E-state index in [-0.39, 0.29) is 6.61 Å². The minimum atomic E-state index is -0.553. The lowest BCUT2D eigenvalue weighted by Crippen LogP contribution is -2.17. The number of ether oxygens (including phenoxy) is 1. The van der Waals surface area contributed by atoms with Gasteiger partial charge in [-0.15, -0.1) is 0 Å². The summed E-state index contributed by atoms with van der Waals surface area (Å²) in [7, 11) is 0. The molecule has 0 aliphatic rings. The molecule has 19 heavy (non-hydrogen) atoms. The van der Waals surface area contributed by atoms with E-state index >= 15 is 0 Å². The van der Waals surface area contributed by atoms with Crippen LogP contribution in [-0.4, -0.2) is 28.3 Å². The van der Waals surface area contributed by atoms with Crippen molar-refractivity contribution in [3.63, 3.8) is 0 Å². The average Bonchev–Trinajstić information content (AvgIpc) is 2.48. The Labute approximate surface area is 112 Å². The van der Waals surface area contributed by atoms with Crippen LogP contribution in [0.3, 0.4) is 0 Å². The molecule has 5 nitrogen and oxygen atoms in total. The van der Waals surface area contributed by atoms with Crippen molar-refractivity contribution in [3.8, 4) is 17.0 Å². The van der Waals surface area contributed by atoms with E-state index in [0.29, 0.717) is 12.4 Å². The molecular weight excluding hydrogens is 242 g/mol. The number of benzene rings is 1. The predicted octanol–water partition coefficient (Wildman–Crippen LogP) is 1.53. The average molecular weight is 259 g/mol. The van der Waals surface area contributed by atoms with Crippen molar-refractivity contribution < 1.29 is 9.84 Å². The molecule has 0 saturated heterocycles. The number of aromatic nitrogens is 2. The number of hydrogen-bond acceptors (Lipinski definition) is 5. The Hall–Kier alpha value is -1.98. The van der Waals surface area contributed by atoms with Crippen LogP contribution in [0.5, 0.6) is 5.75 Å². The first-order chi connectivity index (χ1) is 9.24. The van der Waals surface area contributed by atoms with Gasteiger partial charge in [0.1, 0.15) is 11.6 Å².